The minimum Gasteiger partial charge on any atom is -0.344 e. The SMILES string of the molecule is C=C1C=C/C(=C/N=C(C)Nc2ccc(C)cc2)C(=C)N1CCC(CC)CC. The van der Waals surface area contributed by atoms with Gasteiger partial charge in [-0.1, -0.05) is 57.5 Å². The second-order valence-electron chi connectivity index (χ2n) is 7.18. The average Bonchev–Trinajstić information content (AvgIpc) is 2.66. The van der Waals surface area contributed by atoms with Crippen LogP contribution >= 0.6 is 0 Å². The number of nitrogens with zero attached hydrogens (tertiary/aromatic N) is 2. The molecular formula is C24H33N3. The van der Waals surface area contributed by atoms with Gasteiger partial charge in [0.25, 0.3) is 0 Å². The van der Waals surface area contributed by atoms with E-state index in [-0.39, 0.29) is 0 Å². The maximum atomic E-state index is 4.58. The molecular weight excluding hydrogens is 330 g/mol. The fourth-order valence-corrected chi connectivity index (χ4v) is 3.15. The highest BCUT2D eigenvalue weighted by molar-refractivity contribution is 5.93. The molecule has 0 radical (unpaired) electrons. The third-order valence-electron chi connectivity index (χ3n) is 5.15. The number of amidine groups is 1. The minimum atomic E-state index is 0.753. The lowest BCUT2D eigenvalue weighted by Gasteiger charge is -2.32. The van der Waals surface area contributed by atoms with Crippen LogP contribution in [0.3, 0.4) is 0 Å². The van der Waals surface area contributed by atoms with Gasteiger partial charge in [0.2, 0.25) is 0 Å². The van der Waals surface area contributed by atoms with Crippen LogP contribution < -0.4 is 5.32 Å². The van der Waals surface area contributed by atoms with Crippen LogP contribution in [0.5, 0.6) is 0 Å². The minimum absolute atomic E-state index is 0.753. The Morgan fingerprint density at radius 3 is 2.44 bits per heavy atom. The molecule has 0 aliphatic carbocycles. The van der Waals surface area contributed by atoms with Crippen molar-refractivity contribution in [3.63, 3.8) is 0 Å². The van der Waals surface area contributed by atoms with Gasteiger partial charge in [0, 0.05) is 35.4 Å². The van der Waals surface area contributed by atoms with Gasteiger partial charge in [0.1, 0.15) is 5.84 Å². The van der Waals surface area contributed by atoms with Gasteiger partial charge < -0.3 is 10.2 Å². The van der Waals surface area contributed by atoms with Crippen LogP contribution in [0, 0.1) is 12.8 Å². The monoisotopic (exact) mass is 363 g/mol. The molecule has 1 aromatic carbocycles. The first-order valence-electron chi connectivity index (χ1n) is 9.86. The van der Waals surface area contributed by atoms with Crippen LogP contribution in [-0.2, 0) is 0 Å². The van der Waals surface area contributed by atoms with Crippen molar-refractivity contribution in [3.05, 3.63) is 78.3 Å². The zero-order valence-corrected chi connectivity index (χ0v) is 17.3. The summed E-state index contributed by atoms with van der Waals surface area (Å²) < 4.78 is 0. The second-order valence-corrected chi connectivity index (χ2v) is 7.18. The number of benzene rings is 1. The highest BCUT2D eigenvalue weighted by Crippen LogP contribution is 2.27. The van der Waals surface area contributed by atoms with Gasteiger partial charge in [0.05, 0.1) is 0 Å². The molecule has 0 bridgehead atoms. The number of aryl methyl sites for hydroxylation is 1. The summed E-state index contributed by atoms with van der Waals surface area (Å²) in [5.74, 6) is 1.60. The van der Waals surface area contributed by atoms with E-state index >= 15 is 0 Å². The lowest BCUT2D eigenvalue weighted by Crippen LogP contribution is -2.26. The Morgan fingerprint density at radius 2 is 1.81 bits per heavy atom. The van der Waals surface area contributed by atoms with Crippen molar-refractivity contribution < 1.29 is 0 Å². The summed E-state index contributed by atoms with van der Waals surface area (Å²) in [5, 5.41) is 3.32. The lowest BCUT2D eigenvalue weighted by atomic mass is 9.98. The Balaban J connectivity index is 2.05. The maximum Gasteiger partial charge on any atom is 0.103 e. The van der Waals surface area contributed by atoms with Crippen LogP contribution in [-0.4, -0.2) is 17.3 Å². The molecule has 1 aromatic rings. The van der Waals surface area contributed by atoms with Crippen molar-refractivity contribution in [1.82, 2.24) is 4.90 Å². The third-order valence-corrected chi connectivity index (χ3v) is 5.15. The summed E-state index contributed by atoms with van der Waals surface area (Å²) in [6.07, 6.45) is 9.56. The Bertz CT molecular complexity index is 746. The molecule has 1 heterocycles. The van der Waals surface area contributed by atoms with Crippen molar-refractivity contribution in [3.8, 4) is 0 Å². The van der Waals surface area contributed by atoms with Gasteiger partial charge in [-0.2, -0.15) is 0 Å². The molecule has 144 valence electrons. The largest absolute Gasteiger partial charge is 0.344 e. The standard InChI is InChI=1S/C24H33N3/c1-7-22(8-2)15-16-27-19(4)11-12-23(20(27)5)17-25-21(6)26-24-13-9-18(3)10-14-24/h9-14,17,22H,4-5,7-8,15-16H2,1-3,6H3,(H,25,26)/b23-17-. The quantitative estimate of drug-likeness (QED) is 0.446. The summed E-state index contributed by atoms with van der Waals surface area (Å²) in [6.45, 7) is 18.0. The zero-order chi connectivity index (χ0) is 19.8. The second kappa shape index (κ2) is 9.96. The smallest absolute Gasteiger partial charge is 0.103 e. The van der Waals surface area contributed by atoms with Crippen molar-refractivity contribution in [2.45, 2.75) is 47.0 Å². The van der Waals surface area contributed by atoms with E-state index in [1.165, 1.54) is 18.4 Å². The van der Waals surface area contributed by atoms with E-state index in [0.717, 1.165) is 47.4 Å². The average molecular weight is 364 g/mol. The first kappa shape index (κ1) is 20.8. The number of hydrogen-bond acceptors (Lipinski definition) is 2. The van der Waals surface area contributed by atoms with Crippen LogP contribution in [0.4, 0.5) is 5.69 Å². The molecule has 2 rings (SSSR count). The number of hydrogen-bond donors (Lipinski definition) is 1. The predicted octanol–water partition coefficient (Wildman–Crippen LogP) is 6.43. The highest BCUT2D eigenvalue weighted by atomic mass is 15.1. The van der Waals surface area contributed by atoms with Gasteiger partial charge in [-0.05, 0) is 50.5 Å². The molecule has 0 saturated carbocycles. The molecule has 0 amide bonds. The molecule has 0 unspecified atom stereocenters. The fourth-order valence-electron chi connectivity index (χ4n) is 3.15. The van der Waals surface area contributed by atoms with Gasteiger partial charge in [0.15, 0.2) is 0 Å². The fraction of sp³-hybridized carbons (Fsp3) is 0.375. The molecule has 0 spiro atoms. The Kier molecular flexibility index (Phi) is 7.66. The van der Waals surface area contributed by atoms with E-state index in [1.54, 1.807) is 0 Å². The number of nitrogens with one attached hydrogen (secondary N) is 1. The van der Waals surface area contributed by atoms with Gasteiger partial charge >= 0.3 is 0 Å². The molecule has 0 atom stereocenters. The molecule has 0 aromatic heterocycles. The number of rotatable bonds is 7. The Labute approximate surface area is 164 Å². The number of allylic oxidation sites excluding steroid dienone is 2. The zero-order valence-electron chi connectivity index (χ0n) is 17.3. The van der Waals surface area contributed by atoms with E-state index in [0.29, 0.717) is 0 Å². The molecule has 3 nitrogen and oxygen atoms in total. The van der Waals surface area contributed by atoms with Crippen LogP contribution in [0.25, 0.3) is 0 Å². The van der Waals surface area contributed by atoms with Gasteiger partial charge in [-0.25, -0.2) is 4.99 Å². The first-order chi connectivity index (χ1) is 12.9. The van der Waals surface area contributed by atoms with E-state index < -0.39 is 0 Å². The summed E-state index contributed by atoms with van der Waals surface area (Å²) in [5.41, 5.74) is 5.28. The van der Waals surface area contributed by atoms with E-state index in [2.05, 4.69) is 73.4 Å². The van der Waals surface area contributed by atoms with E-state index in [1.807, 2.05) is 25.3 Å². The van der Waals surface area contributed by atoms with Crippen molar-refractivity contribution >= 4 is 11.5 Å². The Morgan fingerprint density at radius 1 is 1.15 bits per heavy atom. The predicted molar refractivity (Wildman–Crippen MR) is 119 cm³/mol. The van der Waals surface area contributed by atoms with E-state index in [4.69, 9.17) is 0 Å². The number of aliphatic imine (C=N–C) groups is 1. The molecule has 27 heavy (non-hydrogen) atoms. The summed E-state index contributed by atoms with van der Waals surface area (Å²) >= 11 is 0. The molecule has 0 fully saturated rings. The topological polar surface area (TPSA) is 27.6 Å². The van der Waals surface area contributed by atoms with Gasteiger partial charge in [-0.3, -0.25) is 0 Å². The summed E-state index contributed by atoms with van der Waals surface area (Å²) in [7, 11) is 0. The lowest BCUT2D eigenvalue weighted by molar-refractivity contribution is 0.360. The third kappa shape index (κ3) is 5.99. The van der Waals surface area contributed by atoms with Crippen LogP contribution in [0.1, 0.15) is 45.6 Å². The molecule has 3 heteroatoms. The normalized spacial score (nSPS) is 16.6. The summed E-state index contributed by atoms with van der Waals surface area (Å²) in [4.78, 5) is 6.79. The molecule has 1 N–H and O–H groups in total. The van der Waals surface area contributed by atoms with Crippen LogP contribution in [0.2, 0.25) is 0 Å². The van der Waals surface area contributed by atoms with Gasteiger partial charge in [-0.15, -0.1) is 0 Å². The van der Waals surface area contributed by atoms with Crippen molar-refractivity contribution in [2.24, 2.45) is 10.9 Å². The van der Waals surface area contributed by atoms with Crippen LogP contribution in [0.15, 0.2) is 77.7 Å². The molecule has 1 aliphatic heterocycles. The Hall–Kier alpha value is -2.55. The molecule has 0 saturated heterocycles. The van der Waals surface area contributed by atoms with Crippen molar-refractivity contribution in [2.75, 3.05) is 11.9 Å². The summed E-state index contributed by atoms with van der Waals surface area (Å²) in [6, 6.07) is 8.29. The van der Waals surface area contributed by atoms with Crippen molar-refractivity contribution in [1.29, 1.82) is 0 Å². The first-order valence-corrected chi connectivity index (χ1v) is 9.86. The molecule has 1 aliphatic rings. The van der Waals surface area contributed by atoms with E-state index in [9.17, 15) is 0 Å². The number of anilines is 1. The maximum absolute atomic E-state index is 4.58. The highest BCUT2D eigenvalue weighted by Gasteiger charge is 2.18.